The monoisotopic (exact) mass is 227 g/mol. The maximum absolute atomic E-state index is 5.06. The standard InChI is InChI=1S/C14H29NO/c1-7-14(5,10-8-9-11-16-6)12-15-13(2,3)4/h7,15H,1,8-12H2,2-6H3. The molecule has 0 rings (SSSR count). The molecule has 16 heavy (non-hydrogen) atoms. The Morgan fingerprint density at radius 2 is 1.81 bits per heavy atom. The van der Waals surface area contributed by atoms with E-state index >= 15 is 0 Å². The topological polar surface area (TPSA) is 21.3 Å². The molecule has 0 aliphatic carbocycles. The molecule has 0 aromatic rings. The summed E-state index contributed by atoms with van der Waals surface area (Å²) in [5.41, 5.74) is 0.373. The summed E-state index contributed by atoms with van der Waals surface area (Å²) in [6.07, 6.45) is 5.58. The Balaban J connectivity index is 3.96. The quantitative estimate of drug-likeness (QED) is 0.507. The summed E-state index contributed by atoms with van der Waals surface area (Å²) in [6.45, 7) is 14.7. The van der Waals surface area contributed by atoms with Crippen molar-refractivity contribution in [3.8, 4) is 0 Å². The van der Waals surface area contributed by atoms with Crippen molar-refractivity contribution in [2.75, 3.05) is 20.3 Å². The van der Waals surface area contributed by atoms with E-state index in [0.29, 0.717) is 0 Å². The van der Waals surface area contributed by atoms with Crippen molar-refractivity contribution in [1.29, 1.82) is 0 Å². The van der Waals surface area contributed by atoms with Crippen LogP contribution in [0.5, 0.6) is 0 Å². The predicted octanol–water partition coefficient (Wildman–Crippen LogP) is 3.38. The molecule has 0 saturated carbocycles. The van der Waals surface area contributed by atoms with Crippen LogP contribution in [0.4, 0.5) is 0 Å². The van der Waals surface area contributed by atoms with Crippen molar-refractivity contribution in [2.24, 2.45) is 5.41 Å². The summed E-state index contributed by atoms with van der Waals surface area (Å²) in [5.74, 6) is 0. The van der Waals surface area contributed by atoms with Crippen molar-refractivity contribution < 1.29 is 4.74 Å². The third kappa shape index (κ3) is 7.89. The van der Waals surface area contributed by atoms with Gasteiger partial charge in [0.1, 0.15) is 0 Å². The van der Waals surface area contributed by atoms with Gasteiger partial charge in [0.05, 0.1) is 0 Å². The Hall–Kier alpha value is -0.340. The third-order valence-electron chi connectivity index (χ3n) is 2.86. The van der Waals surface area contributed by atoms with Gasteiger partial charge in [-0.1, -0.05) is 19.4 Å². The van der Waals surface area contributed by atoms with Crippen LogP contribution in [0.3, 0.4) is 0 Å². The SMILES string of the molecule is C=CC(C)(CCCCOC)CNC(C)(C)C. The molecule has 0 fully saturated rings. The van der Waals surface area contributed by atoms with Gasteiger partial charge in [-0.25, -0.2) is 0 Å². The molecule has 0 heterocycles. The van der Waals surface area contributed by atoms with E-state index in [0.717, 1.165) is 19.6 Å². The molecule has 2 nitrogen and oxygen atoms in total. The molecule has 1 unspecified atom stereocenters. The van der Waals surface area contributed by atoms with Gasteiger partial charge in [-0.15, -0.1) is 6.58 Å². The van der Waals surface area contributed by atoms with Crippen molar-refractivity contribution in [1.82, 2.24) is 5.32 Å². The Labute approximate surface area is 101 Å². The normalized spacial score (nSPS) is 15.8. The summed E-state index contributed by atoms with van der Waals surface area (Å²) in [5, 5.41) is 3.55. The first-order valence-corrected chi connectivity index (χ1v) is 6.20. The van der Waals surface area contributed by atoms with Crippen molar-refractivity contribution in [2.45, 2.75) is 52.5 Å². The molecule has 0 radical (unpaired) electrons. The molecule has 1 N–H and O–H groups in total. The molecule has 0 bridgehead atoms. The average molecular weight is 227 g/mol. The fourth-order valence-corrected chi connectivity index (χ4v) is 1.50. The fraction of sp³-hybridized carbons (Fsp3) is 0.857. The van der Waals surface area contributed by atoms with E-state index in [1.165, 1.54) is 12.8 Å². The second kappa shape index (κ2) is 7.08. The molecule has 0 saturated heterocycles. The van der Waals surface area contributed by atoms with Gasteiger partial charge >= 0.3 is 0 Å². The molecular formula is C14H29NO. The van der Waals surface area contributed by atoms with Crippen LogP contribution in [0, 0.1) is 5.41 Å². The van der Waals surface area contributed by atoms with Gasteiger partial charge < -0.3 is 10.1 Å². The van der Waals surface area contributed by atoms with Gasteiger partial charge in [0.25, 0.3) is 0 Å². The zero-order chi connectivity index (χ0) is 12.7. The average Bonchev–Trinajstić information content (AvgIpc) is 2.21. The molecular weight excluding hydrogens is 198 g/mol. The van der Waals surface area contributed by atoms with Gasteiger partial charge in [0.2, 0.25) is 0 Å². The van der Waals surface area contributed by atoms with E-state index in [9.17, 15) is 0 Å². The lowest BCUT2D eigenvalue weighted by molar-refractivity contribution is 0.186. The molecule has 0 aliphatic heterocycles. The van der Waals surface area contributed by atoms with E-state index in [4.69, 9.17) is 4.74 Å². The number of hydrogen-bond donors (Lipinski definition) is 1. The lowest BCUT2D eigenvalue weighted by atomic mass is 9.84. The van der Waals surface area contributed by atoms with Crippen LogP contribution in [0.15, 0.2) is 12.7 Å². The first-order valence-electron chi connectivity index (χ1n) is 6.20. The van der Waals surface area contributed by atoms with Crippen LogP contribution in [0.25, 0.3) is 0 Å². The highest BCUT2D eigenvalue weighted by atomic mass is 16.5. The van der Waals surface area contributed by atoms with E-state index in [-0.39, 0.29) is 11.0 Å². The molecule has 0 spiro atoms. The van der Waals surface area contributed by atoms with Crippen LogP contribution >= 0.6 is 0 Å². The summed E-state index contributed by atoms with van der Waals surface area (Å²) >= 11 is 0. The largest absolute Gasteiger partial charge is 0.385 e. The van der Waals surface area contributed by atoms with Crippen LogP contribution in [-0.2, 0) is 4.74 Å². The molecule has 96 valence electrons. The Morgan fingerprint density at radius 3 is 2.25 bits per heavy atom. The number of nitrogens with one attached hydrogen (secondary N) is 1. The van der Waals surface area contributed by atoms with Gasteiger partial charge in [0.15, 0.2) is 0 Å². The minimum Gasteiger partial charge on any atom is -0.385 e. The maximum atomic E-state index is 5.06. The van der Waals surface area contributed by atoms with Gasteiger partial charge in [-0.05, 0) is 39.0 Å². The minimum atomic E-state index is 0.177. The number of rotatable bonds is 8. The van der Waals surface area contributed by atoms with Crippen LogP contribution in [0.1, 0.15) is 47.0 Å². The summed E-state index contributed by atoms with van der Waals surface area (Å²) in [7, 11) is 1.76. The minimum absolute atomic E-state index is 0.177. The summed E-state index contributed by atoms with van der Waals surface area (Å²) in [4.78, 5) is 0. The zero-order valence-electron chi connectivity index (χ0n) is 11.7. The fourth-order valence-electron chi connectivity index (χ4n) is 1.50. The predicted molar refractivity (Wildman–Crippen MR) is 71.8 cm³/mol. The van der Waals surface area contributed by atoms with E-state index < -0.39 is 0 Å². The highest BCUT2D eigenvalue weighted by molar-refractivity contribution is 4.94. The lowest BCUT2D eigenvalue weighted by Crippen LogP contribution is -2.42. The number of methoxy groups -OCH3 is 1. The third-order valence-corrected chi connectivity index (χ3v) is 2.86. The molecule has 0 aromatic heterocycles. The smallest absolute Gasteiger partial charge is 0.0462 e. The van der Waals surface area contributed by atoms with Crippen LogP contribution in [-0.4, -0.2) is 25.8 Å². The van der Waals surface area contributed by atoms with Gasteiger partial charge in [0, 0.05) is 25.8 Å². The van der Waals surface area contributed by atoms with Gasteiger partial charge in [-0.3, -0.25) is 0 Å². The molecule has 0 aliphatic rings. The number of ether oxygens (including phenoxy) is 1. The number of unbranched alkanes of at least 4 members (excludes halogenated alkanes) is 1. The van der Waals surface area contributed by atoms with Crippen molar-refractivity contribution >= 4 is 0 Å². The van der Waals surface area contributed by atoms with Crippen LogP contribution in [0.2, 0.25) is 0 Å². The lowest BCUT2D eigenvalue weighted by Gasteiger charge is -2.31. The summed E-state index contributed by atoms with van der Waals surface area (Å²) in [6, 6.07) is 0. The highest BCUT2D eigenvalue weighted by Gasteiger charge is 2.22. The molecule has 2 heteroatoms. The highest BCUT2D eigenvalue weighted by Crippen LogP contribution is 2.25. The first kappa shape index (κ1) is 15.7. The van der Waals surface area contributed by atoms with E-state index in [1.54, 1.807) is 7.11 Å². The number of hydrogen-bond acceptors (Lipinski definition) is 2. The first-order chi connectivity index (χ1) is 7.33. The zero-order valence-corrected chi connectivity index (χ0v) is 11.7. The Morgan fingerprint density at radius 1 is 1.19 bits per heavy atom. The Kier molecular flexibility index (Phi) is 6.93. The maximum Gasteiger partial charge on any atom is 0.0462 e. The summed E-state index contributed by atoms with van der Waals surface area (Å²) < 4.78 is 5.06. The van der Waals surface area contributed by atoms with Crippen LogP contribution < -0.4 is 5.32 Å². The van der Waals surface area contributed by atoms with E-state index in [2.05, 4.69) is 45.7 Å². The van der Waals surface area contributed by atoms with E-state index in [1.807, 2.05) is 0 Å². The Bertz CT molecular complexity index is 195. The molecule has 0 aromatic carbocycles. The molecule has 0 amide bonds. The van der Waals surface area contributed by atoms with Crippen molar-refractivity contribution in [3.63, 3.8) is 0 Å². The molecule has 1 atom stereocenters. The second-order valence-electron chi connectivity index (χ2n) is 5.91. The van der Waals surface area contributed by atoms with Crippen molar-refractivity contribution in [3.05, 3.63) is 12.7 Å². The second-order valence-corrected chi connectivity index (χ2v) is 5.91. The van der Waals surface area contributed by atoms with Gasteiger partial charge in [-0.2, -0.15) is 0 Å².